The second kappa shape index (κ2) is 7.22. The van der Waals surface area contributed by atoms with Crippen molar-refractivity contribution in [2.24, 2.45) is 0 Å². The lowest BCUT2D eigenvalue weighted by Gasteiger charge is -2.31. The van der Waals surface area contributed by atoms with Crippen LogP contribution in [0.2, 0.25) is 5.02 Å². The second-order valence-corrected chi connectivity index (χ2v) is 8.97. The molecule has 2 aliphatic heterocycles. The molecule has 0 radical (unpaired) electrons. The lowest BCUT2D eigenvalue weighted by Crippen LogP contribution is -2.43. The van der Waals surface area contributed by atoms with Crippen molar-refractivity contribution in [3.63, 3.8) is 0 Å². The van der Waals surface area contributed by atoms with Crippen LogP contribution >= 0.6 is 11.6 Å². The Morgan fingerprint density at radius 1 is 1.04 bits per heavy atom. The maximum absolute atomic E-state index is 13.3. The first kappa shape index (κ1) is 18.4. The third-order valence-corrected chi connectivity index (χ3v) is 7.13. The summed E-state index contributed by atoms with van der Waals surface area (Å²) in [6, 6.07) is 10.4. The van der Waals surface area contributed by atoms with E-state index in [4.69, 9.17) is 16.3 Å². The lowest BCUT2D eigenvalue weighted by molar-refractivity contribution is 0.412. The van der Waals surface area contributed by atoms with Crippen molar-refractivity contribution in [3.8, 4) is 5.75 Å². The highest BCUT2D eigenvalue weighted by Crippen LogP contribution is 2.37. The number of nitrogens with one attached hydrogen (secondary N) is 1. The number of piperazine rings is 1. The fourth-order valence-electron chi connectivity index (χ4n) is 3.70. The molecule has 2 aromatic rings. The molecule has 2 aromatic carbocycles. The zero-order valence-electron chi connectivity index (χ0n) is 15.1. The van der Waals surface area contributed by atoms with Crippen molar-refractivity contribution < 1.29 is 13.2 Å². The second-order valence-electron chi connectivity index (χ2n) is 6.67. The van der Waals surface area contributed by atoms with Crippen LogP contribution in [0.3, 0.4) is 0 Å². The van der Waals surface area contributed by atoms with Crippen LogP contribution in [-0.2, 0) is 16.4 Å². The number of nitrogens with zero attached hydrogens (tertiary/aromatic N) is 2. The van der Waals surface area contributed by atoms with E-state index in [0.29, 0.717) is 29.4 Å². The third kappa shape index (κ3) is 3.35. The normalized spacial score (nSPS) is 17.1. The van der Waals surface area contributed by atoms with Crippen molar-refractivity contribution >= 4 is 33.0 Å². The number of anilines is 2. The predicted molar refractivity (Wildman–Crippen MR) is 108 cm³/mol. The minimum atomic E-state index is -3.66. The summed E-state index contributed by atoms with van der Waals surface area (Å²) >= 11 is 6.05. The third-order valence-electron chi connectivity index (χ3n) is 5.09. The van der Waals surface area contributed by atoms with Gasteiger partial charge in [-0.1, -0.05) is 11.6 Å². The Morgan fingerprint density at radius 3 is 2.56 bits per heavy atom. The number of sulfonamides is 1. The number of benzene rings is 2. The van der Waals surface area contributed by atoms with E-state index >= 15 is 0 Å². The zero-order valence-corrected chi connectivity index (χ0v) is 16.7. The van der Waals surface area contributed by atoms with Crippen LogP contribution in [0.5, 0.6) is 5.75 Å². The number of hydrogen-bond acceptors (Lipinski definition) is 5. The molecule has 0 aliphatic carbocycles. The summed E-state index contributed by atoms with van der Waals surface area (Å²) < 4.78 is 33.6. The SMILES string of the molecule is COc1ccc(S(=O)(=O)N2CCc3cc(Cl)ccc32)cc1N1CCNCC1. The van der Waals surface area contributed by atoms with Gasteiger partial charge >= 0.3 is 0 Å². The molecule has 8 heteroatoms. The molecule has 0 aromatic heterocycles. The molecule has 27 heavy (non-hydrogen) atoms. The van der Waals surface area contributed by atoms with E-state index in [2.05, 4.69) is 10.2 Å². The van der Waals surface area contributed by atoms with E-state index in [1.807, 2.05) is 6.07 Å². The summed E-state index contributed by atoms with van der Waals surface area (Å²) in [6.45, 7) is 3.77. The van der Waals surface area contributed by atoms with Gasteiger partial charge in [-0.15, -0.1) is 0 Å². The largest absolute Gasteiger partial charge is 0.495 e. The molecule has 0 atom stereocenters. The predicted octanol–water partition coefficient (Wildman–Crippen LogP) is 2.51. The van der Waals surface area contributed by atoms with E-state index in [1.165, 1.54) is 4.31 Å². The van der Waals surface area contributed by atoms with E-state index in [-0.39, 0.29) is 4.90 Å². The van der Waals surface area contributed by atoms with Gasteiger partial charge in [0.2, 0.25) is 0 Å². The fraction of sp³-hybridized carbons (Fsp3) is 0.368. The molecule has 2 aliphatic rings. The van der Waals surface area contributed by atoms with Crippen LogP contribution in [-0.4, -0.2) is 48.3 Å². The molecular formula is C19H22ClN3O3S. The van der Waals surface area contributed by atoms with Crippen molar-refractivity contribution in [2.45, 2.75) is 11.3 Å². The van der Waals surface area contributed by atoms with Gasteiger partial charge in [-0.25, -0.2) is 8.42 Å². The van der Waals surface area contributed by atoms with Gasteiger partial charge in [0.25, 0.3) is 10.0 Å². The molecule has 1 N–H and O–H groups in total. The minimum absolute atomic E-state index is 0.277. The average Bonchev–Trinajstić information content (AvgIpc) is 3.12. The van der Waals surface area contributed by atoms with Crippen LogP contribution in [0.1, 0.15) is 5.56 Å². The van der Waals surface area contributed by atoms with Crippen molar-refractivity contribution in [1.82, 2.24) is 5.32 Å². The zero-order chi connectivity index (χ0) is 19.0. The Balaban J connectivity index is 1.73. The fourth-order valence-corrected chi connectivity index (χ4v) is 5.42. The van der Waals surface area contributed by atoms with Crippen molar-refractivity contribution in [2.75, 3.05) is 49.0 Å². The highest BCUT2D eigenvalue weighted by atomic mass is 35.5. The summed E-state index contributed by atoms with van der Waals surface area (Å²) in [5.74, 6) is 0.685. The monoisotopic (exact) mass is 407 g/mol. The Kier molecular flexibility index (Phi) is 4.92. The van der Waals surface area contributed by atoms with Crippen LogP contribution in [0, 0.1) is 0 Å². The Bertz CT molecular complexity index is 959. The molecule has 4 rings (SSSR count). The number of ether oxygens (including phenoxy) is 1. The van der Waals surface area contributed by atoms with Gasteiger partial charge in [0.15, 0.2) is 0 Å². The topological polar surface area (TPSA) is 61.9 Å². The van der Waals surface area contributed by atoms with Gasteiger partial charge in [0.05, 0.1) is 23.4 Å². The van der Waals surface area contributed by atoms with Crippen LogP contribution < -0.4 is 19.3 Å². The Hall–Kier alpha value is -1.96. The summed E-state index contributed by atoms with van der Waals surface area (Å²) in [7, 11) is -2.05. The van der Waals surface area contributed by atoms with Crippen LogP contribution in [0.4, 0.5) is 11.4 Å². The number of fused-ring (bicyclic) bond motifs is 1. The van der Waals surface area contributed by atoms with Gasteiger partial charge in [0.1, 0.15) is 5.75 Å². The summed E-state index contributed by atoms with van der Waals surface area (Å²) in [4.78, 5) is 2.44. The number of methoxy groups -OCH3 is 1. The van der Waals surface area contributed by atoms with Gasteiger partial charge in [-0.3, -0.25) is 4.31 Å². The quantitative estimate of drug-likeness (QED) is 0.843. The van der Waals surface area contributed by atoms with Gasteiger partial charge in [-0.05, 0) is 48.4 Å². The van der Waals surface area contributed by atoms with Gasteiger partial charge in [0, 0.05) is 37.7 Å². The first-order valence-corrected chi connectivity index (χ1v) is 10.8. The molecule has 144 valence electrons. The smallest absolute Gasteiger partial charge is 0.264 e. The maximum atomic E-state index is 13.3. The molecule has 0 bridgehead atoms. The molecule has 1 fully saturated rings. The first-order valence-electron chi connectivity index (χ1n) is 8.95. The molecular weight excluding hydrogens is 386 g/mol. The molecule has 6 nitrogen and oxygen atoms in total. The lowest BCUT2D eigenvalue weighted by atomic mass is 10.2. The molecule has 0 unspecified atom stereocenters. The van der Waals surface area contributed by atoms with E-state index in [9.17, 15) is 8.42 Å². The summed E-state index contributed by atoms with van der Waals surface area (Å²) in [5.41, 5.74) is 2.48. The highest BCUT2D eigenvalue weighted by molar-refractivity contribution is 7.92. The molecule has 1 saturated heterocycles. The molecule has 0 spiro atoms. The van der Waals surface area contributed by atoms with E-state index in [1.54, 1.807) is 37.4 Å². The van der Waals surface area contributed by atoms with E-state index in [0.717, 1.165) is 37.4 Å². The minimum Gasteiger partial charge on any atom is -0.495 e. The summed E-state index contributed by atoms with van der Waals surface area (Å²) in [5, 5.41) is 3.93. The number of hydrogen-bond donors (Lipinski definition) is 1. The van der Waals surface area contributed by atoms with Gasteiger partial charge in [-0.2, -0.15) is 0 Å². The number of halogens is 1. The number of rotatable bonds is 4. The standard InChI is InChI=1S/C19H22ClN3O3S/c1-26-19-5-3-16(13-18(19)22-10-7-21-8-11-22)27(24,25)23-9-6-14-12-15(20)2-4-17(14)23/h2-5,12-13,21H,6-11H2,1H3. The van der Waals surface area contributed by atoms with Gasteiger partial charge < -0.3 is 15.0 Å². The molecule has 2 heterocycles. The van der Waals surface area contributed by atoms with Crippen LogP contribution in [0.15, 0.2) is 41.3 Å². The molecule has 0 amide bonds. The molecule has 0 saturated carbocycles. The van der Waals surface area contributed by atoms with Crippen molar-refractivity contribution in [3.05, 3.63) is 47.0 Å². The Labute approximate surface area is 164 Å². The van der Waals surface area contributed by atoms with Crippen LogP contribution in [0.25, 0.3) is 0 Å². The summed E-state index contributed by atoms with van der Waals surface area (Å²) in [6.07, 6.45) is 0.663. The van der Waals surface area contributed by atoms with E-state index < -0.39 is 10.0 Å². The Morgan fingerprint density at radius 2 is 1.81 bits per heavy atom. The maximum Gasteiger partial charge on any atom is 0.264 e. The average molecular weight is 408 g/mol. The highest BCUT2D eigenvalue weighted by Gasteiger charge is 2.32. The first-order chi connectivity index (χ1) is 13.0. The van der Waals surface area contributed by atoms with Crippen molar-refractivity contribution in [1.29, 1.82) is 0 Å².